The summed E-state index contributed by atoms with van der Waals surface area (Å²) in [6, 6.07) is 10.1. The van der Waals surface area contributed by atoms with Crippen LogP contribution in [0.3, 0.4) is 0 Å². The molecule has 2 heteroatoms. The molecule has 0 aliphatic carbocycles. The van der Waals surface area contributed by atoms with Crippen LogP contribution in [-0.2, 0) is 5.60 Å². The fourth-order valence-corrected chi connectivity index (χ4v) is 2.85. The molecule has 0 spiro atoms. The second-order valence-electron chi connectivity index (χ2n) is 4.37. The maximum Gasteiger partial charge on any atom is 0.121 e. The van der Waals surface area contributed by atoms with Crippen LogP contribution in [0.15, 0.2) is 35.7 Å². The summed E-state index contributed by atoms with van der Waals surface area (Å²) in [5.74, 6) is 0. The summed E-state index contributed by atoms with van der Waals surface area (Å²) in [6.45, 7) is 5.97. The Bertz CT molecular complexity index is 483. The van der Waals surface area contributed by atoms with E-state index in [0.29, 0.717) is 0 Å². The largest absolute Gasteiger partial charge is 0.380 e. The van der Waals surface area contributed by atoms with Crippen LogP contribution >= 0.6 is 11.3 Å². The topological polar surface area (TPSA) is 20.2 Å². The highest BCUT2D eigenvalue weighted by Crippen LogP contribution is 2.34. The summed E-state index contributed by atoms with van der Waals surface area (Å²) in [6.07, 6.45) is 0. The van der Waals surface area contributed by atoms with Crippen molar-refractivity contribution in [3.63, 3.8) is 0 Å². The first-order valence-corrected chi connectivity index (χ1v) is 6.24. The molecule has 0 fully saturated rings. The van der Waals surface area contributed by atoms with Crippen molar-refractivity contribution in [3.05, 3.63) is 57.3 Å². The summed E-state index contributed by atoms with van der Waals surface area (Å²) in [7, 11) is 0. The Hall–Kier alpha value is -1.12. The number of hydrogen-bond acceptors (Lipinski definition) is 2. The normalized spacial score (nSPS) is 14.8. The van der Waals surface area contributed by atoms with E-state index in [2.05, 4.69) is 13.0 Å². The third-order valence-electron chi connectivity index (χ3n) is 2.91. The molecule has 2 rings (SSSR count). The number of benzene rings is 1. The van der Waals surface area contributed by atoms with Crippen LogP contribution in [0, 0.1) is 13.8 Å². The lowest BCUT2D eigenvalue weighted by molar-refractivity contribution is 0.105. The van der Waals surface area contributed by atoms with E-state index in [1.807, 2.05) is 43.5 Å². The molecule has 84 valence electrons. The van der Waals surface area contributed by atoms with Gasteiger partial charge in [0, 0.05) is 4.88 Å². The Morgan fingerprint density at radius 2 is 1.94 bits per heavy atom. The predicted molar refractivity (Wildman–Crippen MR) is 68.9 cm³/mol. The third kappa shape index (κ3) is 1.91. The lowest BCUT2D eigenvalue weighted by Crippen LogP contribution is -2.22. The van der Waals surface area contributed by atoms with E-state index in [-0.39, 0.29) is 0 Å². The highest BCUT2D eigenvalue weighted by atomic mass is 32.1. The average molecular weight is 232 g/mol. The lowest BCUT2D eigenvalue weighted by Gasteiger charge is -2.24. The Balaban J connectivity index is 2.51. The van der Waals surface area contributed by atoms with Gasteiger partial charge >= 0.3 is 0 Å². The average Bonchev–Trinajstić information content (AvgIpc) is 2.69. The molecule has 16 heavy (non-hydrogen) atoms. The molecule has 0 amide bonds. The fraction of sp³-hybridized carbons (Fsp3) is 0.286. The molecule has 1 aromatic heterocycles. The minimum absolute atomic E-state index is 0.883. The van der Waals surface area contributed by atoms with Crippen molar-refractivity contribution in [1.82, 2.24) is 0 Å². The fourth-order valence-electron chi connectivity index (χ4n) is 2.05. The monoisotopic (exact) mass is 232 g/mol. The van der Waals surface area contributed by atoms with Crippen molar-refractivity contribution < 1.29 is 5.11 Å². The van der Waals surface area contributed by atoms with Crippen molar-refractivity contribution in [1.29, 1.82) is 0 Å². The summed E-state index contributed by atoms with van der Waals surface area (Å²) in [5.41, 5.74) is 2.47. The molecule has 0 aliphatic rings. The highest BCUT2D eigenvalue weighted by molar-refractivity contribution is 7.10. The summed E-state index contributed by atoms with van der Waals surface area (Å²) in [4.78, 5) is 0.986. The van der Waals surface area contributed by atoms with Crippen LogP contribution in [-0.4, -0.2) is 5.11 Å². The second-order valence-corrected chi connectivity index (χ2v) is 5.32. The van der Waals surface area contributed by atoms with Crippen molar-refractivity contribution in [3.8, 4) is 0 Å². The molecule has 0 saturated heterocycles. The van der Waals surface area contributed by atoms with E-state index in [1.54, 1.807) is 11.3 Å². The van der Waals surface area contributed by atoms with Gasteiger partial charge in [-0.1, -0.05) is 29.8 Å². The van der Waals surface area contributed by atoms with Crippen LogP contribution < -0.4 is 0 Å². The van der Waals surface area contributed by atoms with Gasteiger partial charge in [-0.2, -0.15) is 0 Å². The van der Waals surface area contributed by atoms with Gasteiger partial charge in [0.15, 0.2) is 0 Å². The molecule has 1 atom stereocenters. The van der Waals surface area contributed by atoms with Gasteiger partial charge in [0.2, 0.25) is 0 Å². The third-order valence-corrected chi connectivity index (χ3v) is 3.99. The van der Waals surface area contributed by atoms with Gasteiger partial charge in [0.25, 0.3) is 0 Å². The number of hydrogen-bond donors (Lipinski definition) is 1. The molecule has 0 saturated carbocycles. The van der Waals surface area contributed by atoms with Gasteiger partial charge in [0.1, 0.15) is 5.60 Å². The van der Waals surface area contributed by atoms with Crippen LogP contribution in [0.5, 0.6) is 0 Å². The standard InChI is InChI=1S/C14H16OS/c1-10-6-7-12(11(2)9-10)14(3,15)13-5-4-8-16-13/h4-9,15H,1-3H3. The summed E-state index contributed by atoms with van der Waals surface area (Å²) in [5, 5.41) is 12.6. The van der Waals surface area contributed by atoms with Crippen molar-refractivity contribution >= 4 is 11.3 Å². The molecule has 2 aromatic rings. The highest BCUT2D eigenvalue weighted by Gasteiger charge is 2.27. The Labute approximate surface area is 100 Å². The zero-order valence-electron chi connectivity index (χ0n) is 9.82. The molecule has 0 bridgehead atoms. The van der Waals surface area contributed by atoms with Crippen LogP contribution in [0.1, 0.15) is 28.5 Å². The minimum Gasteiger partial charge on any atom is -0.380 e. The first-order chi connectivity index (χ1) is 7.51. The lowest BCUT2D eigenvalue weighted by atomic mass is 9.90. The number of thiophene rings is 1. The summed E-state index contributed by atoms with van der Waals surface area (Å²) >= 11 is 1.59. The zero-order chi connectivity index (χ0) is 11.8. The molecule has 1 aromatic carbocycles. The number of aliphatic hydroxyl groups is 1. The van der Waals surface area contributed by atoms with E-state index in [9.17, 15) is 5.11 Å². The predicted octanol–water partition coefficient (Wildman–Crippen LogP) is 3.62. The van der Waals surface area contributed by atoms with E-state index in [0.717, 1.165) is 16.0 Å². The van der Waals surface area contributed by atoms with Gasteiger partial charge in [0.05, 0.1) is 0 Å². The second kappa shape index (κ2) is 4.04. The quantitative estimate of drug-likeness (QED) is 0.838. The van der Waals surface area contributed by atoms with Crippen molar-refractivity contribution in [2.45, 2.75) is 26.4 Å². The molecule has 1 unspecified atom stereocenters. The molecule has 0 aliphatic heterocycles. The maximum atomic E-state index is 10.6. The van der Waals surface area contributed by atoms with Crippen LogP contribution in [0.4, 0.5) is 0 Å². The van der Waals surface area contributed by atoms with Gasteiger partial charge in [-0.25, -0.2) is 0 Å². The molecular formula is C14H16OS. The maximum absolute atomic E-state index is 10.6. The molecule has 1 nitrogen and oxygen atoms in total. The number of aryl methyl sites for hydroxylation is 2. The summed E-state index contributed by atoms with van der Waals surface area (Å²) < 4.78 is 0. The first-order valence-electron chi connectivity index (χ1n) is 5.36. The van der Waals surface area contributed by atoms with Crippen LogP contribution in [0.2, 0.25) is 0 Å². The van der Waals surface area contributed by atoms with E-state index in [4.69, 9.17) is 0 Å². The Kier molecular flexibility index (Phi) is 2.87. The van der Waals surface area contributed by atoms with Crippen molar-refractivity contribution in [2.75, 3.05) is 0 Å². The molecular weight excluding hydrogens is 216 g/mol. The zero-order valence-corrected chi connectivity index (χ0v) is 10.6. The molecule has 0 radical (unpaired) electrons. The minimum atomic E-state index is -0.883. The molecule has 1 heterocycles. The Morgan fingerprint density at radius 3 is 2.50 bits per heavy atom. The first kappa shape index (κ1) is 11.4. The van der Waals surface area contributed by atoms with Gasteiger partial charge in [-0.15, -0.1) is 11.3 Å². The number of rotatable bonds is 2. The van der Waals surface area contributed by atoms with E-state index >= 15 is 0 Å². The SMILES string of the molecule is Cc1ccc(C(C)(O)c2cccs2)c(C)c1. The molecule has 1 N–H and O–H groups in total. The van der Waals surface area contributed by atoms with Crippen LogP contribution in [0.25, 0.3) is 0 Å². The van der Waals surface area contributed by atoms with Gasteiger partial charge in [-0.05, 0) is 43.3 Å². The van der Waals surface area contributed by atoms with Gasteiger partial charge in [-0.3, -0.25) is 0 Å². The Morgan fingerprint density at radius 1 is 1.19 bits per heavy atom. The van der Waals surface area contributed by atoms with E-state index < -0.39 is 5.60 Å². The van der Waals surface area contributed by atoms with Crippen molar-refractivity contribution in [2.24, 2.45) is 0 Å². The van der Waals surface area contributed by atoms with E-state index in [1.165, 1.54) is 5.56 Å². The van der Waals surface area contributed by atoms with Gasteiger partial charge < -0.3 is 5.11 Å². The smallest absolute Gasteiger partial charge is 0.121 e.